The van der Waals surface area contributed by atoms with Crippen LogP contribution in [0.4, 0.5) is 4.39 Å². The van der Waals surface area contributed by atoms with Crippen LogP contribution < -0.4 is 4.74 Å². The Bertz CT molecular complexity index is 347. The van der Waals surface area contributed by atoms with Gasteiger partial charge >= 0.3 is 18.9 Å². The summed E-state index contributed by atoms with van der Waals surface area (Å²) in [6.45, 7) is -0.104. The molecule has 0 aromatic heterocycles. The van der Waals surface area contributed by atoms with Crippen molar-refractivity contribution < 1.29 is 22.6 Å². The van der Waals surface area contributed by atoms with Crippen molar-refractivity contribution in [2.45, 2.75) is 4.90 Å². The summed E-state index contributed by atoms with van der Waals surface area (Å²) in [5, 5.41) is 0. The van der Waals surface area contributed by atoms with Gasteiger partial charge in [-0.3, -0.25) is 0 Å². The van der Waals surface area contributed by atoms with Gasteiger partial charge in [0.05, 0.1) is 0 Å². The van der Waals surface area contributed by atoms with Crippen molar-refractivity contribution in [3.63, 3.8) is 0 Å². The maximum atomic E-state index is 13.1. The first-order valence-corrected chi connectivity index (χ1v) is 4.78. The summed E-state index contributed by atoms with van der Waals surface area (Å²) in [4.78, 5) is -0.371. The van der Waals surface area contributed by atoms with Crippen LogP contribution in [0.25, 0.3) is 0 Å². The Hall–Kier alpha value is -0.383. The molecule has 1 N–H and O–H groups in total. The fraction of sp³-hybridized carbons (Fsp3) is 0.250. The summed E-state index contributed by atoms with van der Waals surface area (Å²) < 4.78 is 42.1. The van der Waals surface area contributed by atoms with Crippen LogP contribution in [0.2, 0.25) is 0 Å². The average Bonchev–Trinajstić information content (AvgIpc) is 2.14. The van der Waals surface area contributed by atoms with Gasteiger partial charge in [-0.15, -0.1) is 0 Å². The Morgan fingerprint density at radius 3 is 2.73 bits per heavy atom. The molecule has 0 saturated heterocycles. The number of hydrogen-bond acceptors (Lipinski definition) is 3. The molecule has 1 aromatic rings. The molecule has 1 aromatic carbocycles. The molecular weight excluding hydrogens is 218 g/mol. The van der Waals surface area contributed by atoms with Crippen molar-refractivity contribution >= 4 is 29.9 Å². The molecule has 15 heavy (non-hydrogen) atoms. The Morgan fingerprint density at radius 2 is 2.20 bits per heavy atom. The zero-order valence-corrected chi connectivity index (χ0v) is 8.21. The first-order chi connectivity index (χ1) is 6.66. The van der Waals surface area contributed by atoms with Gasteiger partial charge in [0.1, 0.15) is 16.5 Å². The molecule has 0 heterocycles. The SMILES string of the molecule is COCOc1cccc(F)c1S(=O)O.[LiH]. The summed E-state index contributed by atoms with van der Waals surface area (Å²) in [7, 11) is 1.40. The molecule has 1 atom stereocenters. The summed E-state index contributed by atoms with van der Waals surface area (Å²) in [5.74, 6) is -0.771. The van der Waals surface area contributed by atoms with Crippen LogP contribution in [0.3, 0.4) is 0 Å². The molecule has 1 rings (SSSR count). The Balaban J connectivity index is 0.00000196. The van der Waals surface area contributed by atoms with Crippen molar-refractivity contribution in [2.75, 3.05) is 13.9 Å². The monoisotopic (exact) mass is 228 g/mol. The van der Waals surface area contributed by atoms with Crippen molar-refractivity contribution in [3.05, 3.63) is 24.0 Å². The first-order valence-electron chi connectivity index (χ1n) is 3.68. The van der Waals surface area contributed by atoms with E-state index in [-0.39, 0.29) is 36.3 Å². The van der Waals surface area contributed by atoms with Gasteiger partial charge in [0.25, 0.3) is 0 Å². The van der Waals surface area contributed by atoms with Gasteiger partial charge < -0.3 is 14.0 Å². The van der Waals surface area contributed by atoms with E-state index in [1.165, 1.54) is 19.2 Å². The molecule has 0 aliphatic rings. The van der Waals surface area contributed by atoms with Gasteiger partial charge in [-0.05, 0) is 12.1 Å². The molecule has 80 valence electrons. The van der Waals surface area contributed by atoms with Crippen LogP contribution in [0.1, 0.15) is 0 Å². The van der Waals surface area contributed by atoms with Crippen molar-refractivity contribution in [1.82, 2.24) is 0 Å². The minimum absolute atomic E-state index is 0. The molecule has 0 amide bonds. The molecule has 0 aliphatic heterocycles. The predicted octanol–water partition coefficient (Wildman–Crippen LogP) is 0.740. The number of halogens is 1. The Morgan fingerprint density at radius 1 is 1.53 bits per heavy atom. The van der Waals surface area contributed by atoms with E-state index in [0.717, 1.165) is 6.07 Å². The normalized spacial score (nSPS) is 11.7. The first kappa shape index (κ1) is 14.6. The van der Waals surface area contributed by atoms with E-state index in [1.54, 1.807) is 0 Å². The van der Waals surface area contributed by atoms with Gasteiger partial charge in [-0.2, -0.15) is 0 Å². The minimum atomic E-state index is -2.41. The fourth-order valence-electron chi connectivity index (χ4n) is 0.895. The third-order valence-electron chi connectivity index (χ3n) is 1.44. The van der Waals surface area contributed by atoms with Crippen molar-refractivity contribution in [2.24, 2.45) is 0 Å². The third kappa shape index (κ3) is 3.93. The standard InChI is InChI=1S/C8H9FO4S.Li.H/c1-12-5-13-7-4-2-3-6(9)8(7)14(10)11;;/h2-4H,5H2,1H3,(H,10,11);;. The fourth-order valence-corrected chi connectivity index (χ4v) is 1.43. The van der Waals surface area contributed by atoms with Gasteiger partial charge in [-0.25, -0.2) is 8.60 Å². The van der Waals surface area contributed by atoms with Crippen LogP contribution >= 0.6 is 0 Å². The zero-order valence-electron chi connectivity index (χ0n) is 7.40. The van der Waals surface area contributed by atoms with Gasteiger partial charge in [0.2, 0.25) is 0 Å². The van der Waals surface area contributed by atoms with E-state index in [4.69, 9.17) is 9.29 Å². The topological polar surface area (TPSA) is 55.8 Å². The van der Waals surface area contributed by atoms with Crippen LogP contribution in [0.5, 0.6) is 5.75 Å². The molecule has 1 unspecified atom stereocenters. The molecule has 4 nitrogen and oxygen atoms in total. The second kappa shape index (κ2) is 6.98. The number of ether oxygens (including phenoxy) is 2. The van der Waals surface area contributed by atoms with Crippen molar-refractivity contribution in [1.29, 1.82) is 0 Å². The summed E-state index contributed by atoms with van der Waals surface area (Å²) in [6.07, 6.45) is 0. The average molecular weight is 228 g/mol. The molecular formula is C8H10FLiO4S. The summed E-state index contributed by atoms with van der Waals surface area (Å²) >= 11 is -2.41. The Kier molecular flexibility index (Phi) is 6.81. The van der Waals surface area contributed by atoms with Crippen LogP contribution in [-0.2, 0) is 15.8 Å². The maximum absolute atomic E-state index is 13.1. The molecule has 0 aliphatic carbocycles. The van der Waals surface area contributed by atoms with E-state index in [2.05, 4.69) is 4.74 Å². The van der Waals surface area contributed by atoms with Gasteiger partial charge in [0.15, 0.2) is 17.9 Å². The second-order valence-electron chi connectivity index (χ2n) is 2.37. The third-order valence-corrected chi connectivity index (χ3v) is 2.18. The predicted molar refractivity (Wildman–Crippen MR) is 55.1 cm³/mol. The number of methoxy groups -OCH3 is 1. The summed E-state index contributed by atoms with van der Waals surface area (Å²) in [6, 6.07) is 3.87. The van der Waals surface area contributed by atoms with Crippen LogP contribution in [-0.4, -0.2) is 41.5 Å². The molecule has 0 fully saturated rings. The molecule has 7 heteroatoms. The van der Waals surface area contributed by atoms with Crippen LogP contribution in [0.15, 0.2) is 23.1 Å². The van der Waals surface area contributed by atoms with Crippen molar-refractivity contribution in [3.8, 4) is 5.75 Å². The molecule has 0 radical (unpaired) electrons. The Labute approximate surface area is 101 Å². The quantitative estimate of drug-likeness (QED) is 0.469. The summed E-state index contributed by atoms with van der Waals surface area (Å²) in [5.41, 5.74) is 0. The van der Waals surface area contributed by atoms with E-state index in [9.17, 15) is 8.60 Å². The van der Waals surface area contributed by atoms with E-state index in [1.807, 2.05) is 0 Å². The number of rotatable bonds is 4. The number of benzene rings is 1. The van der Waals surface area contributed by atoms with E-state index in [0.29, 0.717) is 0 Å². The van der Waals surface area contributed by atoms with E-state index >= 15 is 0 Å². The molecule has 0 saturated carbocycles. The number of hydrogen-bond donors (Lipinski definition) is 1. The van der Waals surface area contributed by atoms with Gasteiger partial charge in [-0.1, -0.05) is 6.07 Å². The molecule has 0 spiro atoms. The van der Waals surface area contributed by atoms with Gasteiger partial charge in [0, 0.05) is 7.11 Å². The van der Waals surface area contributed by atoms with E-state index < -0.39 is 16.9 Å². The second-order valence-corrected chi connectivity index (χ2v) is 3.27. The molecule has 0 bridgehead atoms. The van der Waals surface area contributed by atoms with Crippen LogP contribution in [0, 0.1) is 5.82 Å². The zero-order chi connectivity index (χ0) is 10.6.